The van der Waals surface area contributed by atoms with Crippen molar-refractivity contribution >= 4 is 17.3 Å². The van der Waals surface area contributed by atoms with Crippen molar-refractivity contribution in [2.45, 2.75) is 32.9 Å². The normalized spacial score (nSPS) is 11.6. The monoisotopic (exact) mass is 397 g/mol. The van der Waals surface area contributed by atoms with Crippen LogP contribution in [-0.2, 0) is 19.4 Å². The zero-order valence-corrected chi connectivity index (χ0v) is 16.5. The summed E-state index contributed by atoms with van der Waals surface area (Å²) in [6.45, 7) is 0.561. The number of hydrogen-bond acceptors (Lipinski definition) is 4. The fourth-order valence-corrected chi connectivity index (χ4v) is 3.39. The molecule has 0 bridgehead atoms. The van der Waals surface area contributed by atoms with E-state index < -0.39 is 6.61 Å². The van der Waals surface area contributed by atoms with Crippen LogP contribution in [0.1, 0.15) is 22.2 Å². The van der Waals surface area contributed by atoms with Crippen LogP contribution in [0.2, 0.25) is 0 Å². The number of ether oxygens (including phenoxy) is 2. The van der Waals surface area contributed by atoms with Gasteiger partial charge in [-0.3, -0.25) is 4.99 Å². The smallest absolute Gasteiger partial charge is 0.387 e. The van der Waals surface area contributed by atoms with E-state index in [4.69, 9.17) is 4.74 Å². The number of rotatable bonds is 9. The van der Waals surface area contributed by atoms with Crippen LogP contribution in [0.3, 0.4) is 0 Å². The van der Waals surface area contributed by atoms with Crippen molar-refractivity contribution in [3.8, 4) is 11.5 Å². The molecule has 148 valence electrons. The summed E-state index contributed by atoms with van der Waals surface area (Å²) in [6, 6.07) is 9.28. The molecule has 0 aliphatic heterocycles. The molecule has 0 fully saturated rings. The zero-order chi connectivity index (χ0) is 19.6. The molecule has 2 N–H and O–H groups in total. The second kappa shape index (κ2) is 10.7. The Labute approximate surface area is 162 Å². The van der Waals surface area contributed by atoms with E-state index in [0.29, 0.717) is 25.5 Å². The van der Waals surface area contributed by atoms with Crippen LogP contribution in [0.4, 0.5) is 8.78 Å². The van der Waals surface area contributed by atoms with Gasteiger partial charge in [-0.15, -0.1) is 11.3 Å². The molecule has 2 rings (SSSR count). The Bertz CT molecular complexity index is 750. The fraction of sp³-hybridized carbons (Fsp3) is 0.421. The highest BCUT2D eigenvalue weighted by atomic mass is 32.1. The quantitative estimate of drug-likeness (QED) is 0.499. The Morgan fingerprint density at radius 1 is 1.15 bits per heavy atom. The lowest BCUT2D eigenvalue weighted by Crippen LogP contribution is -2.37. The Morgan fingerprint density at radius 3 is 2.56 bits per heavy atom. The van der Waals surface area contributed by atoms with Crippen LogP contribution in [0.5, 0.6) is 11.5 Å². The lowest BCUT2D eigenvalue weighted by atomic mass is 10.1. The van der Waals surface area contributed by atoms with Crippen molar-refractivity contribution in [3.05, 3.63) is 45.6 Å². The van der Waals surface area contributed by atoms with Crippen LogP contribution in [0, 0.1) is 0 Å². The average molecular weight is 397 g/mol. The minimum atomic E-state index is -2.89. The van der Waals surface area contributed by atoms with Gasteiger partial charge in [-0.2, -0.15) is 8.78 Å². The van der Waals surface area contributed by atoms with Crippen molar-refractivity contribution < 1.29 is 18.3 Å². The third-order valence-electron chi connectivity index (χ3n) is 3.87. The molecule has 0 atom stereocenters. The molecule has 0 aliphatic carbocycles. The molecule has 1 aromatic carbocycles. The summed E-state index contributed by atoms with van der Waals surface area (Å²) in [4.78, 5) is 6.81. The van der Waals surface area contributed by atoms with Gasteiger partial charge in [0.05, 0.1) is 13.7 Å². The number of thiophene rings is 1. The second-order valence-electron chi connectivity index (χ2n) is 5.69. The SMILES string of the molecule is CCc1ccc(CNC(=NC)NCCc2ccc(OC)c(OC(F)F)c2)s1. The highest BCUT2D eigenvalue weighted by Gasteiger charge is 2.11. The zero-order valence-electron chi connectivity index (χ0n) is 15.7. The standard InChI is InChI=1S/C19H25F2N3O2S/c1-4-14-6-7-15(27-14)12-24-19(22-2)23-10-9-13-5-8-16(25-3)17(11-13)26-18(20)21/h5-8,11,18H,4,9-10,12H2,1-3H3,(H2,22,23,24). The molecule has 27 heavy (non-hydrogen) atoms. The Morgan fingerprint density at radius 2 is 1.93 bits per heavy atom. The van der Waals surface area contributed by atoms with Crippen LogP contribution >= 0.6 is 11.3 Å². The van der Waals surface area contributed by atoms with E-state index in [1.807, 2.05) is 6.07 Å². The molecule has 5 nitrogen and oxygen atoms in total. The maximum absolute atomic E-state index is 12.5. The van der Waals surface area contributed by atoms with Gasteiger partial charge in [-0.1, -0.05) is 13.0 Å². The van der Waals surface area contributed by atoms with Crippen LogP contribution in [0.15, 0.2) is 35.3 Å². The molecular formula is C19H25F2N3O2S. The summed E-state index contributed by atoms with van der Waals surface area (Å²) in [7, 11) is 3.13. The summed E-state index contributed by atoms with van der Waals surface area (Å²) in [6.07, 6.45) is 1.67. The molecule has 1 heterocycles. The van der Waals surface area contributed by atoms with Gasteiger partial charge < -0.3 is 20.1 Å². The van der Waals surface area contributed by atoms with Crippen LogP contribution in [-0.4, -0.2) is 33.3 Å². The number of nitrogens with zero attached hydrogens (tertiary/aromatic N) is 1. The van der Waals surface area contributed by atoms with Gasteiger partial charge in [0.15, 0.2) is 17.5 Å². The highest BCUT2D eigenvalue weighted by molar-refractivity contribution is 7.11. The maximum Gasteiger partial charge on any atom is 0.387 e. The number of aryl methyl sites for hydroxylation is 1. The van der Waals surface area contributed by atoms with E-state index in [9.17, 15) is 8.78 Å². The first-order valence-electron chi connectivity index (χ1n) is 8.69. The Hall–Kier alpha value is -2.35. The number of nitrogens with one attached hydrogen (secondary N) is 2. The molecule has 8 heteroatoms. The molecule has 0 aliphatic rings. The largest absolute Gasteiger partial charge is 0.493 e. The van der Waals surface area contributed by atoms with Crippen molar-refractivity contribution in [1.29, 1.82) is 0 Å². The third-order valence-corrected chi connectivity index (χ3v) is 5.10. The van der Waals surface area contributed by atoms with Gasteiger partial charge in [0.25, 0.3) is 0 Å². The molecule has 0 saturated heterocycles. The third kappa shape index (κ3) is 6.71. The van der Waals surface area contributed by atoms with Gasteiger partial charge in [-0.25, -0.2) is 0 Å². The van der Waals surface area contributed by atoms with Gasteiger partial charge in [-0.05, 0) is 42.7 Å². The predicted molar refractivity (Wildman–Crippen MR) is 105 cm³/mol. The topological polar surface area (TPSA) is 54.9 Å². The molecule has 0 unspecified atom stereocenters. The number of hydrogen-bond donors (Lipinski definition) is 2. The molecule has 0 spiro atoms. The van der Waals surface area contributed by atoms with Crippen molar-refractivity contribution in [1.82, 2.24) is 10.6 Å². The summed E-state index contributed by atoms with van der Waals surface area (Å²) >= 11 is 1.78. The number of guanidine groups is 1. The van der Waals surface area contributed by atoms with E-state index in [1.165, 1.54) is 16.9 Å². The van der Waals surface area contributed by atoms with E-state index in [1.54, 1.807) is 30.5 Å². The first kappa shape index (κ1) is 21.0. The number of methoxy groups -OCH3 is 1. The number of alkyl halides is 2. The fourth-order valence-electron chi connectivity index (χ4n) is 2.49. The first-order chi connectivity index (χ1) is 13.0. The summed E-state index contributed by atoms with van der Waals surface area (Å²) in [5.74, 6) is 1.02. The highest BCUT2D eigenvalue weighted by Crippen LogP contribution is 2.29. The molecule has 2 aromatic rings. The van der Waals surface area contributed by atoms with Crippen molar-refractivity contribution in [3.63, 3.8) is 0 Å². The molecule has 0 amide bonds. The van der Waals surface area contributed by atoms with Crippen LogP contribution < -0.4 is 20.1 Å². The van der Waals surface area contributed by atoms with Crippen molar-refractivity contribution in [2.75, 3.05) is 20.7 Å². The van der Waals surface area contributed by atoms with E-state index >= 15 is 0 Å². The lowest BCUT2D eigenvalue weighted by Gasteiger charge is -2.13. The van der Waals surface area contributed by atoms with Gasteiger partial charge in [0, 0.05) is 23.3 Å². The van der Waals surface area contributed by atoms with E-state index in [0.717, 1.165) is 12.0 Å². The summed E-state index contributed by atoms with van der Waals surface area (Å²) < 4.78 is 34.6. The Balaban J connectivity index is 1.84. The van der Waals surface area contributed by atoms with E-state index in [2.05, 4.69) is 39.4 Å². The summed E-state index contributed by atoms with van der Waals surface area (Å²) in [5.41, 5.74) is 0.861. The Kier molecular flexibility index (Phi) is 8.32. The van der Waals surface area contributed by atoms with Gasteiger partial charge >= 0.3 is 6.61 Å². The lowest BCUT2D eigenvalue weighted by molar-refractivity contribution is -0.0512. The number of aliphatic imine (C=N–C) groups is 1. The minimum Gasteiger partial charge on any atom is -0.493 e. The minimum absolute atomic E-state index is 0.0388. The first-order valence-corrected chi connectivity index (χ1v) is 9.51. The molecular weight excluding hydrogens is 372 g/mol. The second-order valence-corrected chi connectivity index (χ2v) is 6.94. The van der Waals surface area contributed by atoms with E-state index in [-0.39, 0.29) is 11.5 Å². The predicted octanol–water partition coefficient (Wildman–Crippen LogP) is 3.83. The van der Waals surface area contributed by atoms with Gasteiger partial charge in [0.2, 0.25) is 0 Å². The molecule has 0 radical (unpaired) electrons. The van der Waals surface area contributed by atoms with Crippen LogP contribution in [0.25, 0.3) is 0 Å². The molecule has 1 aromatic heterocycles. The number of halogens is 2. The maximum atomic E-state index is 12.5. The molecule has 0 saturated carbocycles. The summed E-state index contributed by atoms with van der Waals surface area (Å²) in [5, 5.41) is 6.49. The number of benzene rings is 1. The average Bonchev–Trinajstić information content (AvgIpc) is 3.12. The van der Waals surface area contributed by atoms with Gasteiger partial charge in [0.1, 0.15) is 0 Å². The van der Waals surface area contributed by atoms with Crippen molar-refractivity contribution in [2.24, 2.45) is 4.99 Å².